The molecule has 0 fully saturated rings. The number of hydrogen-bond acceptors (Lipinski definition) is 4. The zero-order chi connectivity index (χ0) is 24.3. The fourth-order valence-electron chi connectivity index (χ4n) is 4.50. The number of hydrogen-bond donors (Lipinski definition) is 0. The SMILES string of the molecule is Cc1ccc(-n2c3nc4ccccc4nc3c3c(=O)n(Cc4ccc(Cl)cc4)c(C)nc32)cc1C. The molecule has 0 aliphatic rings. The predicted molar refractivity (Wildman–Crippen MR) is 141 cm³/mol. The van der Waals surface area contributed by atoms with Crippen molar-refractivity contribution in [3.8, 4) is 5.69 Å². The summed E-state index contributed by atoms with van der Waals surface area (Å²) in [5, 5.41) is 1.13. The van der Waals surface area contributed by atoms with Crippen molar-refractivity contribution in [2.45, 2.75) is 27.3 Å². The van der Waals surface area contributed by atoms with Crippen LogP contribution in [0.4, 0.5) is 0 Å². The minimum atomic E-state index is -0.139. The average molecular weight is 480 g/mol. The van der Waals surface area contributed by atoms with Crippen molar-refractivity contribution in [1.29, 1.82) is 0 Å². The van der Waals surface area contributed by atoms with Gasteiger partial charge in [0.1, 0.15) is 16.7 Å². The van der Waals surface area contributed by atoms with E-state index in [1.54, 1.807) is 4.57 Å². The van der Waals surface area contributed by atoms with Gasteiger partial charge in [-0.2, -0.15) is 0 Å². The van der Waals surface area contributed by atoms with Gasteiger partial charge >= 0.3 is 0 Å². The second kappa shape index (κ2) is 8.03. The minimum absolute atomic E-state index is 0.139. The highest BCUT2D eigenvalue weighted by molar-refractivity contribution is 6.30. The lowest BCUT2D eigenvalue weighted by atomic mass is 10.1. The number of benzene rings is 3. The van der Waals surface area contributed by atoms with Gasteiger partial charge in [-0.15, -0.1) is 0 Å². The summed E-state index contributed by atoms with van der Waals surface area (Å²) in [6.45, 7) is 6.40. The van der Waals surface area contributed by atoms with Crippen LogP contribution in [0, 0.1) is 20.8 Å². The number of aromatic nitrogens is 5. The lowest BCUT2D eigenvalue weighted by Gasteiger charge is -2.12. The summed E-state index contributed by atoms with van der Waals surface area (Å²) >= 11 is 6.05. The highest BCUT2D eigenvalue weighted by Crippen LogP contribution is 2.29. The standard InChI is InChI=1S/C28H22ClN5O/c1-16-8-13-21(14-17(16)2)34-26-24(25-27(34)32-23-7-5-4-6-22(23)31-25)28(35)33(18(3)30-26)15-19-9-11-20(29)12-10-19/h4-14H,15H2,1-3H3. The fraction of sp³-hybridized carbons (Fsp3) is 0.143. The van der Waals surface area contributed by atoms with Gasteiger partial charge in [-0.05, 0) is 73.9 Å². The molecule has 0 amide bonds. The predicted octanol–water partition coefficient (Wildman–Crippen LogP) is 5.91. The molecule has 0 unspecified atom stereocenters. The van der Waals surface area contributed by atoms with Crippen LogP contribution in [-0.2, 0) is 6.54 Å². The highest BCUT2D eigenvalue weighted by Gasteiger charge is 2.22. The van der Waals surface area contributed by atoms with Crippen molar-refractivity contribution in [3.63, 3.8) is 0 Å². The molecule has 6 aromatic rings. The third kappa shape index (κ3) is 3.49. The van der Waals surface area contributed by atoms with Crippen LogP contribution in [0.5, 0.6) is 0 Å². The molecule has 3 aromatic carbocycles. The van der Waals surface area contributed by atoms with Crippen LogP contribution in [0.25, 0.3) is 38.9 Å². The molecule has 3 heterocycles. The Bertz CT molecular complexity index is 1830. The van der Waals surface area contributed by atoms with E-state index in [1.807, 2.05) is 66.1 Å². The molecule has 0 aliphatic carbocycles. The first-order valence-corrected chi connectivity index (χ1v) is 11.8. The molecule has 35 heavy (non-hydrogen) atoms. The van der Waals surface area contributed by atoms with E-state index in [2.05, 4.69) is 26.0 Å². The zero-order valence-electron chi connectivity index (χ0n) is 19.6. The van der Waals surface area contributed by atoms with E-state index in [-0.39, 0.29) is 5.56 Å². The maximum absolute atomic E-state index is 14.0. The highest BCUT2D eigenvalue weighted by atomic mass is 35.5. The quantitative estimate of drug-likeness (QED) is 0.316. The third-order valence-corrected chi connectivity index (χ3v) is 6.81. The van der Waals surface area contributed by atoms with Crippen LogP contribution in [0.15, 0.2) is 71.5 Å². The summed E-state index contributed by atoms with van der Waals surface area (Å²) in [6, 6.07) is 21.4. The molecule has 6 nitrogen and oxygen atoms in total. The molecule has 0 spiro atoms. The summed E-state index contributed by atoms with van der Waals surface area (Å²) in [5.74, 6) is 0.620. The van der Waals surface area contributed by atoms with E-state index in [9.17, 15) is 4.79 Å². The number of nitrogens with zero attached hydrogens (tertiary/aromatic N) is 5. The average Bonchev–Trinajstić information content (AvgIpc) is 3.16. The smallest absolute Gasteiger partial charge is 0.265 e. The Hall–Kier alpha value is -4.03. The molecule has 0 saturated heterocycles. The van der Waals surface area contributed by atoms with Gasteiger partial charge in [0.25, 0.3) is 5.56 Å². The fourth-order valence-corrected chi connectivity index (χ4v) is 4.62. The van der Waals surface area contributed by atoms with Crippen LogP contribution >= 0.6 is 11.6 Å². The Morgan fingerprint density at radius 3 is 2.23 bits per heavy atom. The van der Waals surface area contributed by atoms with Gasteiger partial charge in [0.2, 0.25) is 0 Å². The van der Waals surface area contributed by atoms with Crippen LogP contribution < -0.4 is 5.56 Å². The van der Waals surface area contributed by atoms with Crippen molar-refractivity contribution < 1.29 is 0 Å². The van der Waals surface area contributed by atoms with Crippen molar-refractivity contribution >= 4 is 44.8 Å². The second-order valence-electron chi connectivity index (χ2n) is 8.86. The molecule has 0 saturated carbocycles. The minimum Gasteiger partial charge on any atom is -0.292 e. The summed E-state index contributed by atoms with van der Waals surface area (Å²) in [6.07, 6.45) is 0. The van der Waals surface area contributed by atoms with Gasteiger partial charge in [0.15, 0.2) is 11.3 Å². The topological polar surface area (TPSA) is 65.6 Å². The van der Waals surface area contributed by atoms with Gasteiger partial charge < -0.3 is 0 Å². The Labute approximate surface area is 206 Å². The lowest BCUT2D eigenvalue weighted by Crippen LogP contribution is -2.24. The summed E-state index contributed by atoms with van der Waals surface area (Å²) < 4.78 is 3.64. The van der Waals surface area contributed by atoms with Crippen LogP contribution in [0.3, 0.4) is 0 Å². The van der Waals surface area contributed by atoms with Crippen molar-refractivity contribution in [3.05, 3.63) is 105 Å². The molecule has 7 heteroatoms. The molecule has 0 bridgehead atoms. The Balaban J connectivity index is 1.71. The Morgan fingerprint density at radius 2 is 1.51 bits per heavy atom. The van der Waals surface area contributed by atoms with E-state index >= 15 is 0 Å². The lowest BCUT2D eigenvalue weighted by molar-refractivity contribution is 0.711. The number of halogens is 1. The van der Waals surface area contributed by atoms with Gasteiger partial charge in [-0.3, -0.25) is 13.9 Å². The van der Waals surface area contributed by atoms with Crippen LogP contribution in [0.2, 0.25) is 5.02 Å². The van der Waals surface area contributed by atoms with Gasteiger partial charge in [-0.1, -0.05) is 41.9 Å². The number of aryl methyl sites for hydroxylation is 3. The third-order valence-electron chi connectivity index (χ3n) is 6.56. The molecule has 172 valence electrons. The van der Waals surface area contributed by atoms with Gasteiger partial charge in [0.05, 0.1) is 17.6 Å². The van der Waals surface area contributed by atoms with E-state index in [0.717, 1.165) is 27.8 Å². The molecule has 6 rings (SSSR count). The first-order valence-electron chi connectivity index (χ1n) is 11.4. The van der Waals surface area contributed by atoms with E-state index in [4.69, 9.17) is 26.6 Å². The normalized spacial score (nSPS) is 11.7. The largest absolute Gasteiger partial charge is 0.292 e. The molecular formula is C28H22ClN5O. The summed E-state index contributed by atoms with van der Waals surface area (Å²) in [5.41, 5.74) is 7.33. The molecule has 0 radical (unpaired) electrons. The molecule has 0 N–H and O–H groups in total. The zero-order valence-corrected chi connectivity index (χ0v) is 20.3. The summed E-state index contributed by atoms with van der Waals surface area (Å²) in [4.78, 5) is 28.7. The van der Waals surface area contributed by atoms with Crippen molar-refractivity contribution in [2.24, 2.45) is 0 Å². The maximum atomic E-state index is 14.0. The summed E-state index contributed by atoms with van der Waals surface area (Å²) in [7, 11) is 0. The van der Waals surface area contributed by atoms with Crippen LogP contribution in [0.1, 0.15) is 22.5 Å². The van der Waals surface area contributed by atoms with E-state index in [0.29, 0.717) is 39.6 Å². The van der Waals surface area contributed by atoms with Gasteiger partial charge in [0, 0.05) is 10.7 Å². The van der Waals surface area contributed by atoms with Crippen LogP contribution in [-0.4, -0.2) is 24.1 Å². The Morgan fingerprint density at radius 1 is 0.800 bits per heavy atom. The molecule has 0 aliphatic heterocycles. The number of rotatable bonds is 3. The monoisotopic (exact) mass is 479 g/mol. The van der Waals surface area contributed by atoms with Crippen molar-refractivity contribution in [1.82, 2.24) is 24.1 Å². The Kier molecular flexibility index (Phi) is 4.93. The maximum Gasteiger partial charge on any atom is 0.265 e. The van der Waals surface area contributed by atoms with Gasteiger partial charge in [-0.25, -0.2) is 15.0 Å². The van der Waals surface area contributed by atoms with E-state index in [1.165, 1.54) is 5.56 Å². The molecule has 3 aromatic heterocycles. The number of fused-ring (bicyclic) bond motifs is 4. The van der Waals surface area contributed by atoms with Crippen molar-refractivity contribution in [2.75, 3.05) is 0 Å². The first kappa shape index (κ1) is 21.5. The second-order valence-corrected chi connectivity index (χ2v) is 9.30. The first-order chi connectivity index (χ1) is 16.9. The molecule has 0 atom stereocenters. The van der Waals surface area contributed by atoms with E-state index < -0.39 is 0 Å². The molecular weight excluding hydrogens is 458 g/mol. The number of para-hydroxylation sites is 2.